The van der Waals surface area contributed by atoms with Crippen molar-refractivity contribution in [1.29, 1.82) is 0 Å². The summed E-state index contributed by atoms with van der Waals surface area (Å²) in [6.07, 6.45) is 7.05. The molecule has 3 aromatic rings. The molecule has 0 unspecified atom stereocenters. The second kappa shape index (κ2) is 7.13. The Balaban J connectivity index is 1.25. The van der Waals surface area contributed by atoms with E-state index in [9.17, 15) is 4.79 Å². The van der Waals surface area contributed by atoms with E-state index in [-0.39, 0.29) is 11.8 Å². The molecule has 1 amide bonds. The molecule has 0 radical (unpaired) electrons. The highest BCUT2D eigenvalue weighted by molar-refractivity contribution is 5.95. The molecule has 4 heterocycles. The Bertz CT molecular complexity index is 1190. The number of hydrogen-bond donors (Lipinski definition) is 2. The van der Waals surface area contributed by atoms with Crippen LogP contribution in [0.2, 0.25) is 0 Å². The SMILES string of the molecule is C[C@@H](C(=O)N(C)c1cnc2nc(-c3n[nH]c4c3C[C@@H]3C[C@]3(C)C4)[nH]c2c1)C1CCOCC1. The van der Waals surface area contributed by atoms with Gasteiger partial charge >= 0.3 is 0 Å². The van der Waals surface area contributed by atoms with Crippen molar-refractivity contribution in [2.75, 3.05) is 25.2 Å². The Hall–Kier alpha value is -2.74. The summed E-state index contributed by atoms with van der Waals surface area (Å²) in [7, 11) is 1.83. The number of fused-ring (bicyclic) bond motifs is 3. The third kappa shape index (κ3) is 3.15. The number of carbonyl (C=O) groups is 1. The van der Waals surface area contributed by atoms with Gasteiger partial charge in [-0.25, -0.2) is 9.97 Å². The number of rotatable bonds is 4. The molecule has 8 heteroatoms. The number of H-pyrrole nitrogens is 2. The zero-order valence-corrected chi connectivity index (χ0v) is 18.9. The van der Waals surface area contributed by atoms with Crippen LogP contribution < -0.4 is 4.90 Å². The van der Waals surface area contributed by atoms with Crippen LogP contribution in [-0.4, -0.2) is 51.3 Å². The minimum absolute atomic E-state index is 0.0411. The maximum Gasteiger partial charge on any atom is 0.229 e. The van der Waals surface area contributed by atoms with Crippen LogP contribution in [0.5, 0.6) is 0 Å². The number of nitrogens with zero attached hydrogens (tertiary/aromatic N) is 4. The molecule has 3 atom stereocenters. The first kappa shape index (κ1) is 19.9. The van der Waals surface area contributed by atoms with Crippen LogP contribution >= 0.6 is 0 Å². The lowest BCUT2D eigenvalue weighted by molar-refractivity contribution is -0.124. The van der Waals surface area contributed by atoms with Gasteiger partial charge in [-0.3, -0.25) is 9.89 Å². The number of aromatic nitrogens is 5. The number of nitrogens with one attached hydrogen (secondary N) is 2. The van der Waals surface area contributed by atoms with E-state index in [2.05, 4.69) is 27.1 Å². The average Bonchev–Trinajstić information content (AvgIpc) is 3.11. The maximum absolute atomic E-state index is 13.1. The molecule has 1 saturated heterocycles. The molecule has 2 fully saturated rings. The van der Waals surface area contributed by atoms with E-state index in [0.717, 1.165) is 67.5 Å². The highest BCUT2D eigenvalue weighted by atomic mass is 16.5. The van der Waals surface area contributed by atoms with Crippen molar-refractivity contribution in [3.8, 4) is 11.5 Å². The Morgan fingerprint density at radius 3 is 2.97 bits per heavy atom. The van der Waals surface area contributed by atoms with Gasteiger partial charge in [0.15, 0.2) is 11.5 Å². The van der Waals surface area contributed by atoms with Gasteiger partial charge in [-0.05, 0) is 55.4 Å². The van der Waals surface area contributed by atoms with Crippen LogP contribution in [0.4, 0.5) is 5.69 Å². The monoisotopic (exact) mass is 434 g/mol. The third-order valence-corrected chi connectivity index (χ3v) is 8.15. The molecule has 32 heavy (non-hydrogen) atoms. The summed E-state index contributed by atoms with van der Waals surface area (Å²) in [5.74, 6) is 1.95. The summed E-state index contributed by atoms with van der Waals surface area (Å²) in [5, 5.41) is 7.84. The Morgan fingerprint density at radius 1 is 1.34 bits per heavy atom. The molecule has 0 aromatic carbocycles. The largest absolute Gasteiger partial charge is 0.381 e. The topological polar surface area (TPSA) is 99.8 Å². The lowest BCUT2D eigenvalue weighted by Gasteiger charge is -2.30. The van der Waals surface area contributed by atoms with Crippen molar-refractivity contribution in [2.45, 2.75) is 46.0 Å². The number of ether oxygens (including phenoxy) is 1. The smallest absolute Gasteiger partial charge is 0.229 e. The standard InChI is InChI=1S/C24H30N6O2/c1-13(14-4-6-32-7-5-14)23(31)30(3)16-9-18-21(25-12-16)27-22(26-18)20-17-8-15-10-24(15,2)11-19(17)28-29-20/h9,12-15H,4-8,10-11H2,1-3H3,(H,28,29)(H,25,26,27)/t13-,15-,24-/m1/s1. The van der Waals surface area contributed by atoms with Gasteiger partial charge in [0.2, 0.25) is 5.91 Å². The molecule has 3 aliphatic rings. The van der Waals surface area contributed by atoms with Crippen molar-refractivity contribution in [3.63, 3.8) is 0 Å². The molecule has 2 aliphatic carbocycles. The van der Waals surface area contributed by atoms with Crippen molar-refractivity contribution >= 4 is 22.8 Å². The van der Waals surface area contributed by atoms with E-state index in [1.54, 1.807) is 11.1 Å². The number of carbonyl (C=O) groups excluding carboxylic acids is 1. The third-order valence-electron chi connectivity index (χ3n) is 8.15. The number of aromatic amines is 2. The van der Waals surface area contributed by atoms with Gasteiger partial charge in [0, 0.05) is 37.4 Å². The Labute approximate surface area is 187 Å². The van der Waals surface area contributed by atoms with E-state index in [0.29, 0.717) is 17.0 Å². The first-order valence-corrected chi connectivity index (χ1v) is 11.7. The molecule has 1 aliphatic heterocycles. The highest BCUT2D eigenvalue weighted by Crippen LogP contribution is 2.59. The minimum atomic E-state index is -0.0411. The lowest BCUT2D eigenvalue weighted by atomic mass is 9.86. The normalized spacial score (nSPS) is 25.9. The fourth-order valence-corrected chi connectivity index (χ4v) is 5.69. The molecule has 8 nitrogen and oxygen atoms in total. The predicted molar refractivity (Wildman–Crippen MR) is 121 cm³/mol. The van der Waals surface area contributed by atoms with Gasteiger partial charge in [-0.2, -0.15) is 5.10 Å². The highest BCUT2D eigenvalue weighted by Gasteiger charge is 2.53. The summed E-state index contributed by atoms with van der Waals surface area (Å²) >= 11 is 0. The van der Waals surface area contributed by atoms with E-state index in [4.69, 9.17) is 9.72 Å². The summed E-state index contributed by atoms with van der Waals surface area (Å²) in [6, 6.07) is 1.96. The molecule has 0 spiro atoms. The molecular weight excluding hydrogens is 404 g/mol. The second-order valence-corrected chi connectivity index (χ2v) is 10.3. The zero-order chi connectivity index (χ0) is 22.0. The molecule has 3 aromatic heterocycles. The quantitative estimate of drug-likeness (QED) is 0.655. The number of hydrogen-bond acceptors (Lipinski definition) is 5. The Kier molecular flexibility index (Phi) is 4.44. The number of anilines is 1. The van der Waals surface area contributed by atoms with Crippen LogP contribution in [0.25, 0.3) is 22.7 Å². The minimum Gasteiger partial charge on any atom is -0.381 e. The van der Waals surface area contributed by atoms with Crippen LogP contribution in [0.15, 0.2) is 12.3 Å². The van der Waals surface area contributed by atoms with Crippen molar-refractivity contribution in [3.05, 3.63) is 23.5 Å². The number of pyridine rings is 1. The molecule has 0 bridgehead atoms. The molecule has 1 saturated carbocycles. The van der Waals surface area contributed by atoms with Crippen molar-refractivity contribution in [1.82, 2.24) is 25.1 Å². The zero-order valence-electron chi connectivity index (χ0n) is 18.9. The van der Waals surface area contributed by atoms with Gasteiger partial charge in [0.25, 0.3) is 0 Å². The number of imidazole rings is 1. The van der Waals surface area contributed by atoms with E-state index >= 15 is 0 Å². The van der Waals surface area contributed by atoms with E-state index < -0.39 is 0 Å². The van der Waals surface area contributed by atoms with Crippen LogP contribution in [0, 0.1) is 23.2 Å². The van der Waals surface area contributed by atoms with E-state index in [1.807, 2.05) is 20.0 Å². The first-order chi connectivity index (χ1) is 15.4. The molecular formula is C24H30N6O2. The van der Waals surface area contributed by atoms with Crippen LogP contribution in [0.1, 0.15) is 44.4 Å². The predicted octanol–water partition coefficient (Wildman–Crippen LogP) is 3.50. The molecule has 168 valence electrons. The first-order valence-electron chi connectivity index (χ1n) is 11.7. The van der Waals surface area contributed by atoms with Crippen LogP contribution in [-0.2, 0) is 22.4 Å². The van der Waals surface area contributed by atoms with Gasteiger partial charge in [-0.15, -0.1) is 0 Å². The Morgan fingerprint density at radius 2 is 2.16 bits per heavy atom. The number of amides is 1. The fourth-order valence-electron chi connectivity index (χ4n) is 5.69. The molecule has 6 rings (SSSR count). The van der Waals surface area contributed by atoms with Gasteiger partial charge in [0.05, 0.1) is 17.4 Å². The van der Waals surface area contributed by atoms with Gasteiger partial charge < -0.3 is 14.6 Å². The van der Waals surface area contributed by atoms with Crippen molar-refractivity contribution in [2.24, 2.45) is 23.2 Å². The summed E-state index contributed by atoms with van der Waals surface area (Å²) in [5.41, 5.74) is 6.14. The van der Waals surface area contributed by atoms with Crippen LogP contribution in [0.3, 0.4) is 0 Å². The van der Waals surface area contributed by atoms with Gasteiger partial charge in [0.1, 0.15) is 5.69 Å². The lowest BCUT2D eigenvalue weighted by Crippen LogP contribution is -2.37. The fraction of sp³-hybridized carbons (Fsp3) is 0.583. The second-order valence-electron chi connectivity index (χ2n) is 10.3. The van der Waals surface area contributed by atoms with Gasteiger partial charge in [-0.1, -0.05) is 13.8 Å². The molecule has 2 N–H and O–H groups in total. The summed E-state index contributed by atoms with van der Waals surface area (Å²) in [6.45, 7) is 5.88. The van der Waals surface area contributed by atoms with E-state index in [1.165, 1.54) is 17.7 Å². The maximum atomic E-state index is 13.1. The average molecular weight is 435 g/mol. The summed E-state index contributed by atoms with van der Waals surface area (Å²) < 4.78 is 5.45. The van der Waals surface area contributed by atoms with Crippen molar-refractivity contribution < 1.29 is 9.53 Å². The summed E-state index contributed by atoms with van der Waals surface area (Å²) in [4.78, 5) is 27.5.